The first-order chi connectivity index (χ1) is 13.7. The van der Waals surface area contributed by atoms with Gasteiger partial charge in [0.05, 0.1) is 0 Å². The number of aromatic nitrogens is 1. The van der Waals surface area contributed by atoms with Crippen LogP contribution in [0.25, 0.3) is 0 Å². The highest BCUT2D eigenvalue weighted by atomic mass is 32.1. The summed E-state index contributed by atoms with van der Waals surface area (Å²) in [6, 6.07) is 7.06. The summed E-state index contributed by atoms with van der Waals surface area (Å²) in [7, 11) is 0. The molecule has 0 saturated carbocycles. The number of thiazole rings is 1. The second-order valence-electron chi connectivity index (χ2n) is 6.09. The molecule has 0 radical (unpaired) electrons. The summed E-state index contributed by atoms with van der Waals surface area (Å²) in [5.41, 5.74) is 11.6. The molecular formula is C19H15F3N4O2S. The first kappa shape index (κ1) is 20.3. The number of nitrogens with two attached hydrogens (primary N) is 2. The normalized spacial score (nSPS) is 11.9. The maximum Gasteiger partial charge on any atom is 0.240 e. The summed E-state index contributed by atoms with van der Waals surface area (Å²) in [6.45, 7) is 1.51. The van der Waals surface area contributed by atoms with Crippen molar-refractivity contribution in [2.45, 2.75) is 13.0 Å². The number of nitrogen functional groups attached to an aromatic ring is 1. The van der Waals surface area contributed by atoms with Crippen molar-refractivity contribution in [1.29, 1.82) is 0 Å². The summed E-state index contributed by atoms with van der Waals surface area (Å²) in [4.78, 5) is 30.0. The monoisotopic (exact) mass is 420 g/mol. The van der Waals surface area contributed by atoms with E-state index in [1.54, 1.807) is 0 Å². The molecule has 0 aliphatic carbocycles. The molecule has 4 N–H and O–H groups in total. The standard InChI is InChI=1S/C19H15F3N4O2S/c1-9(18(24)28)26(12-5-3-11(20)4-6-12)19-25-17(23)16(29-19)15(27)10-2-7-13(21)14(22)8-10/h2-9H,23H2,1H3,(H2,24,28). The Morgan fingerprint density at radius 2 is 1.72 bits per heavy atom. The number of amides is 1. The Morgan fingerprint density at radius 3 is 2.31 bits per heavy atom. The fourth-order valence-corrected chi connectivity index (χ4v) is 3.63. The number of hydrogen-bond donors (Lipinski definition) is 2. The molecule has 0 fully saturated rings. The van der Waals surface area contributed by atoms with Gasteiger partial charge in [0, 0.05) is 11.3 Å². The minimum Gasteiger partial charge on any atom is -0.382 e. The Balaban J connectivity index is 2.04. The Labute approximate surface area is 167 Å². The molecule has 0 aliphatic rings. The van der Waals surface area contributed by atoms with Crippen LogP contribution in [0.15, 0.2) is 42.5 Å². The number of primary amides is 1. The van der Waals surface area contributed by atoms with Crippen LogP contribution < -0.4 is 16.4 Å². The van der Waals surface area contributed by atoms with Crippen molar-refractivity contribution in [2.24, 2.45) is 5.73 Å². The average molecular weight is 420 g/mol. The number of benzene rings is 2. The van der Waals surface area contributed by atoms with Crippen LogP contribution in [0, 0.1) is 17.5 Å². The lowest BCUT2D eigenvalue weighted by Crippen LogP contribution is -2.39. The summed E-state index contributed by atoms with van der Waals surface area (Å²) in [5.74, 6) is -4.23. The van der Waals surface area contributed by atoms with Gasteiger partial charge in [-0.1, -0.05) is 11.3 Å². The minimum atomic E-state index is -1.17. The second kappa shape index (κ2) is 7.92. The average Bonchev–Trinajstić information content (AvgIpc) is 3.06. The molecule has 150 valence electrons. The lowest BCUT2D eigenvalue weighted by atomic mass is 10.1. The molecule has 1 aromatic heterocycles. The summed E-state index contributed by atoms with van der Waals surface area (Å²) in [6.07, 6.45) is 0. The smallest absolute Gasteiger partial charge is 0.240 e. The van der Waals surface area contributed by atoms with E-state index in [-0.39, 0.29) is 21.4 Å². The van der Waals surface area contributed by atoms with Crippen molar-refractivity contribution in [3.63, 3.8) is 0 Å². The molecule has 3 rings (SSSR count). The van der Waals surface area contributed by atoms with E-state index >= 15 is 0 Å². The van der Waals surface area contributed by atoms with Gasteiger partial charge in [-0.25, -0.2) is 18.2 Å². The third kappa shape index (κ3) is 4.06. The van der Waals surface area contributed by atoms with Gasteiger partial charge in [0.1, 0.15) is 22.6 Å². The van der Waals surface area contributed by atoms with Crippen LogP contribution in [-0.4, -0.2) is 22.7 Å². The predicted molar refractivity (Wildman–Crippen MR) is 104 cm³/mol. The zero-order valence-electron chi connectivity index (χ0n) is 15.0. The quantitative estimate of drug-likeness (QED) is 0.595. The molecular weight excluding hydrogens is 405 g/mol. The lowest BCUT2D eigenvalue weighted by molar-refractivity contribution is -0.118. The number of anilines is 3. The van der Waals surface area contributed by atoms with Gasteiger partial charge in [-0.3, -0.25) is 9.59 Å². The number of nitrogens with zero attached hydrogens (tertiary/aromatic N) is 2. The van der Waals surface area contributed by atoms with E-state index in [0.717, 1.165) is 29.5 Å². The van der Waals surface area contributed by atoms with Gasteiger partial charge >= 0.3 is 0 Å². The largest absolute Gasteiger partial charge is 0.382 e. The Kier molecular flexibility index (Phi) is 5.55. The van der Waals surface area contributed by atoms with Gasteiger partial charge in [-0.15, -0.1) is 0 Å². The molecule has 0 bridgehead atoms. The maximum absolute atomic E-state index is 13.5. The SMILES string of the molecule is CC(C(N)=O)N(c1ccc(F)cc1)c1nc(N)c(C(=O)c2ccc(F)c(F)c2)s1. The molecule has 1 atom stereocenters. The Morgan fingerprint density at radius 1 is 1.07 bits per heavy atom. The van der Waals surface area contributed by atoms with Crippen molar-refractivity contribution < 1.29 is 22.8 Å². The van der Waals surface area contributed by atoms with E-state index in [0.29, 0.717) is 5.69 Å². The first-order valence-corrected chi connectivity index (χ1v) is 9.11. The van der Waals surface area contributed by atoms with Gasteiger partial charge in [-0.05, 0) is 49.4 Å². The predicted octanol–water partition coefficient (Wildman–Crippen LogP) is 3.39. The van der Waals surface area contributed by atoms with Gasteiger partial charge < -0.3 is 16.4 Å². The molecule has 1 amide bonds. The number of halogens is 3. The van der Waals surface area contributed by atoms with Crippen LogP contribution in [0.2, 0.25) is 0 Å². The highest BCUT2D eigenvalue weighted by molar-refractivity contribution is 7.18. The molecule has 0 spiro atoms. The molecule has 0 saturated heterocycles. The Hall–Kier alpha value is -3.40. The Bertz CT molecular complexity index is 1090. The molecule has 1 heterocycles. The van der Waals surface area contributed by atoms with Gasteiger partial charge in [-0.2, -0.15) is 0 Å². The molecule has 0 aliphatic heterocycles. The van der Waals surface area contributed by atoms with Gasteiger partial charge in [0.2, 0.25) is 11.7 Å². The molecule has 3 aromatic rings. The van der Waals surface area contributed by atoms with Crippen LogP contribution >= 0.6 is 11.3 Å². The van der Waals surface area contributed by atoms with Crippen LogP contribution in [0.3, 0.4) is 0 Å². The zero-order chi connectivity index (χ0) is 21.3. The second-order valence-corrected chi connectivity index (χ2v) is 7.07. The third-order valence-electron chi connectivity index (χ3n) is 4.14. The molecule has 29 heavy (non-hydrogen) atoms. The van der Waals surface area contributed by atoms with Crippen LogP contribution in [0.5, 0.6) is 0 Å². The van der Waals surface area contributed by atoms with Crippen molar-refractivity contribution in [2.75, 3.05) is 10.6 Å². The topological polar surface area (TPSA) is 102 Å². The molecule has 6 nitrogen and oxygen atoms in total. The summed E-state index contributed by atoms with van der Waals surface area (Å²) < 4.78 is 39.9. The van der Waals surface area contributed by atoms with E-state index < -0.39 is 35.2 Å². The summed E-state index contributed by atoms with van der Waals surface area (Å²) in [5, 5.41) is 0.159. The van der Waals surface area contributed by atoms with Crippen molar-refractivity contribution in [3.8, 4) is 0 Å². The molecule has 1 unspecified atom stereocenters. The van der Waals surface area contributed by atoms with E-state index in [2.05, 4.69) is 4.98 Å². The number of hydrogen-bond acceptors (Lipinski definition) is 6. The number of carbonyl (C=O) groups excluding carboxylic acids is 2. The maximum atomic E-state index is 13.5. The fraction of sp³-hybridized carbons (Fsp3) is 0.105. The van der Waals surface area contributed by atoms with Gasteiger partial charge in [0.15, 0.2) is 16.8 Å². The molecule has 2 aromatic carbocycles. The van der Waals surface area contributed by atoms with Crippen LogP contribution in [-0.2, 0) is 4.79 Å². The van der Waals surface area contributed by atoms with E-state index in [1.165, 1.54) is 36.1 Å². The van der Waals surface area contributed by atoms with E-state index in [9.17, 15) is 22.8 Å². The highest BCUT2D eigenvalue weighted by Gasteiger charge is 2.27. The van der Waals surface area contributed by atoms with Crippen molar-refractivity contribution in [3.05, 3.63) is 70.4 Å². The minimum absolute atomic E-state index is 0.0187. The molecule has 10 heteroatoms. The first-order valence-electron chi connectivity index (χ1n) is 8.29. The fourth-order valence-electron chi connectivity index (χ4n) is 2.58. The number of carbonyl (C=O) groups is 2. The van der Waals surface area contributed by atoms with E-state index in [4.69, 9.17) is 11.5 Å². The van der Waals surface area contributed by atoms with Crippen molar-refractivity contribution >= 4 is 39.7 Å². The third-order valence-corrected chi connectivity index (χ3v) is 5.21. The van der Waals surface area contributed by atoms with Crippen LogP contribution in [0.1, 0.15) is 22.2 Å². The number of rotatable bonds is 6. The summed E-state index contributed by atoms with van der Waals surface area (Å²) >= 11 is 0.848. The van der Waals surface area contributed by atoms with E-state index in [1.807, 2.05) is 0 Å². The van der Waals surface area contributed by atoms with Crippen LogP contribution in [0.4, 0.5) is 29.8 Å². The highest BCUT2D eigenvalue weighted by Crippen LogP contribution is 2.36. The zero-order valence-corrected chi connectivity index (χ0v) is 15.8. The number of ketones is 1. The van der Waals surface area contributed by atoms with Crippen molar-refractivity contribution in [1.82, 2.24) is 4.98 Å². The lowest BCUT2D eigenvalue weighted by Gasteiger charge is -2.26. The van der Waals surface area contributed by atoms with Gasteiger partial charge in [0.25, 0.3) is 0 Å².